The second kappa shape index (κ2) is 22.6. The zero-order valence-electron chi connectivity index (χ0n) is 30.6. The van der Waals surface area contributed by atoms with Gasteiger partial charge in [0.05, 0.1) is 37.6 Å². The van der Waals surface area contributed by atoms with Crippen molar-refractivity contribution in [1.82, 2.24) is 0 Å². The van der Waals surface area contributed by atoms with Crippen molar-refractivity contribution >= 4 is 32.3 Å². The van der Waals surface area contributed by atoms with E-state index in [1.807, 2.05) is 36.4 Å². The van der Waals surface area contributed by atoms with Gasteiger partial charge < -0.3 is 56.8 Å². The number of hydrogen-bond donors (Lipinski definition) is 0. The molecule has 0 saturated carbocycles. The Morgan fingerprint density at radius 2 is 0.648 bits per heavy atom. The molecule has 4 rings (SSSR count). The van der Waals surface area contributed by atoms with Crippen LogP contribution in [0.15, 0.2) is 113 Å². The van der Waals surface area contributed by atoms with Gasteiger partial charge in [0.25, 0.3) is 0 Å². The Hall–Kier alpha value is -6.30. The first-order valence-electron chi connectivity index (χ1n) is 17.3. The summed E-state index contributed by atoms with van der Waals surface area (Å²) in [4.78, 5) is 0. The van der Waals surface area contributed by atoms with Crippen LogP contribution in [0.5, 0.6) is 34.5 Å². The first-order valence-corrected chi connectivity index (χ1v) is 17.3. The standard InChI is InChI=1S/C42H48O12/c1-7-43-19-25-49-34-18-17-33-31-15-13-14-16-32(31)36-37(35(33)38(34)50-26-20-44-8-2)40(52-28-22-46-10-4)42(54-30-24-48-12-6)41(53-29-23-47-11-5)39(36)51-27-21-45-9-3/h7-18H,1-6,19-30H2. The lowest BCUT2D eigenvalue weighted by atomic mass is 9.91. The van der Waals surface area contributed by atoms with Crippen LogP contribution in [-0.2, 0) is 28.4 Å². The van der Waals surface area contributed by atoms with Crippen molar-refractivity contribution in [2.75, 3.05) is 79.3 Å². The van der Waals surface area contributed by atoms with Gasteiger partial charge in [0.2, 0.25) is 11.5 Å². The average Bonchev–Trinajstić information content (AvgIpc) is 3.19. The van der Waals surface area contributed by atoms with Gasteiger partial charge in [0.15, 0.2) is 23.0 Å². The van der Waals surface area contributed by atoms with Gasteiger partial charge in [-0.1, -0.05) is 63.7 Å². The molecule has 0 radical (unpaired) electrons. The van der Waals surface area contributed by atoms with Gasteiger partial charge >= 0.3 is 0 Å². The van der Waals surface area contributed by atoms with Crippen LogP contribution >= 0.6 is 0 Å². The molecular weight excluding hydrogens is 696 g/mol. The molecule has 54 heavy (non-hydrogen) atoms. The third kappa shape index (κ3) is 10.4. The Morgan fingerprint density at radius 1 is 0.315 bits per heavy atom. The second-order valence-corrected chi connectivity index (χ2v) is 10.7. The molecule has 4 aromatic rings. The molecule has 4 aromatic carbocycles. The van der Waals surface area contributed by atoms with Crippen LogP contribution in [0.3, 0.4) is 0 Å². The summed E-state index contributed by atoms with van der Waals surface area (Å²) in [6.07, 6.45) is 8.11. The molecule has 0 amide bonds. The Labute approximate surface area is 315 Å². The van der Waals surface area contributed by atoms with Gasteiger partial charge in [-0.05, 0) is 28.3 Å². The van der Waals surface area contributed by atoms with Gasteiger partial charge in [-0.25, -0.2) is 0 Å². The number of ether oxygens (including phenoxy) is 12. The first-order chi connectivity index (χ1) is 26.7. The molecule has 0 aliphatic heterocycles. The Morgan fingerprint density at radius 3 is 1.09 bits per heavy atom. The molecule has 0 bridgehead atoms. The van der Waals surface area contributed by atoms with Crippen LogP contribution in [0.2, 0.25) is 0 Å². The first kappa shape index (κ1) is 40.5. The predicted octanol–water partition coefficient (Wildman–Crippen LogP) is 8.38. The summed E-state index contributed by atoms with van der Waals surface area (Å²) in [6, 6.07) is 11.8. The van der Waals surface area contributed by atoms with Crippen LogP contribution in [-0.4, -0.2) is 79.3 Å². The van der Waals surface area contributed by atoms with E-state index in [-0.39, 0.29) is 90.8 Å². The number of benzene rings is 4. The molecule has 0 heterocycles. The Kier molecular flexibility index (Phi) is 16.9. The highest BCUT2D eigenvalue weighted by atomic mass is 16.6. The highest BCUT2D eigenvalue weighted by molar-refractivity contribution is 6.31. The zero-order chi connectivity index (χ0) is 38.4. The highest BCUT2D eigenvalue weighted by Gasteiger charge is 2.31. The van der Waals surface area contributed by atoms with Crippen molar-refractivity contribution in [3.05, 3.63) is 113 Å². The zero-order valence-corrected chi connectivity index (χ0v) is 30.6. The van der Waals surface area contributed by atoms with E-state index in [4.69, 9.17) is 56.8 Å². The maximum absolute atomic E-state index is 6.64. The van der Waals surface area contributed by atoms with Crippen LogP contribution in [0.4, 0.5) is 0 Å². The van der Waals surface area contributed by atoms with E-state index >= 15 is 0 Å². The molecule has 0 atom stereocenters. The molecule has 288 valence electrons. The third-order valence-electron chi connectivity index (χ3n) is 7.58. The molecular formula is C42H48O12. The summed E-state index contributed by atoms with van der Waals surface area (Å²) in [5.74, 6) is 2.10. The summed E-state index contributed by atoms with van der Waals surface area (Å²) >= 11 is 0. The molecule has 12 heteroatoms. The average molecular weight is 745 g/mol. The largest absolute Gasteiger partial charge is 0.498 e. The lowest BCUT2D eigenvalue weighted by molar-refractivity contribution is 0.143. The minimum atomic E-state index is 0.0982. The molecule has 12 nitrogen and oxygen atoms in total. The Bertz CT molecular complexity index is 1850. The third-order valence-corrected chi connectivity index (χ3v) is 7.58. The van der Waals surface area contributed by atoms with E-state index < -0.39 is 0 Å². The molecule has 0 saturated heterocycles. The van der Waals surface area contributed by atoms with Crippen molar-refractivity contribution in [3.63, 3.8) is 0 Å². The minimum absolute atomic E-state index is 0.0982. The number of fused-ring (bicyclic) bond motifs is 6. The van der Waals surface area contributed by atoms with Gasteiger partial charge in [0, 0.05) is 16.2 Å². The topological polar surface area (TPSA) is 111 Å². The molecule has 0 unspecified atom stereocenters. The van der Waals surface area contributed by atoms with Crippen LogP contribution in [0.1, 0.15) is 0 Å². The van der Waals surface area contributed by atoms with Crippen molar-refractivity contribution in [1.29, 1.82) is 0 Å². The van der Waals surface area contributed by atoms with Crippen LogP contribution in [0.25, 0.3) is 32.3 Å². The summed E-state index contributed by atoms with van der Waals surface area (Å²) < 4.78 is 71.5. The Balaban J connectivity index is 2.20. The minimum Gasteiger partial charge on any atom is -0.498 e. The predicted molar refractivity (Wildman–Crippen MR) is 209 cm³/mol. The lowest BCUT2D eigenvalue weighted by Crippen LogP contribution is -2.14. The molecule has 0 aromatic heterocycles. The van der Waals surface area contributed by atoms with E-state index in [1.165, 1.54) is 37.6 Å². The fourth-order valence-electron chi connectivity index (χ4n) is 5.58. The highest BCUT2D eigenvalue weighted by Crippen LogP contribution is 2.57. The number of hydrogen-bond acceptors (Lipinski definition) is 12. The fraction of sp³-hybridized carbons (Fsp3) is 0.286. The van der Waals surface area contributed by atoms with Gasteiger partial charge in [-0.2, -0.15) is 0 Å². The summed E-state index contributed by atoms with van der Waals surface area (Å²) in [5.41, 5.74) is 0. The van der Waals surface area contributed by atoms with Gasteiger partial charge in [0.1, 0.15) is 79.3 Å². The maximum atomic E-state index is 6.64. The second-order valence-electron chi connectivity index (χ2n) is 10.7. The lowest BCUT2D eigenvalue weighted by Gasteiger charge is -2.25. The maximum Gasteiger partial charge on any atom is 0.208 e. The van der Waals surface area contributed by atoms with Crippen LogP contribution < -0.4 is 28.4 Å². The monoisotopic (exact) mass is 744 g/mol. The quantitative estimate of drug-likeness (QED) is 0.0291. The molecule has 0 aliphatic carbocycles. The molecule has 0 aliphatic rings. The van der Waals surface area contributed by atoms with Gasteiger partial charge in [-0.3, -0.25) is 0 Å². The van der Waals surface area contributed by atoms with Crippen molar-refractivity contribution in [2.45, 2.75) is 0 Å². The molecule has 0 N–H and O–H groups in total. The van der Waals surface area contributed by atoms with Crippen molar-refractivity contribution < 1.29 is 56.8 Å². The summed E-state index contributed by atoms with van der Waals surface area (Å²) in [7, 11) is 0. The SMILES string of the molecule is C=COCCOc1ccc2c3ccccc3c3c(OCCOC=C)c(OCCOC=C)c(OCCOC=C)c(OCCOC=C)c3c2c1OCCOC=C. The van der Waals surface area contributed by atoms with Crippen molar-refractivity contribution in [2.24, 2.45) is 0 Å². The number of rotatable bonds is 30. The van der Waals surface area contributed by atoms with E-state index in [0.717, 1.165) is 16.2 Å². The summed E-state index contributed by atoms with van der Waals surface area (Å²) in [6.45, 7) is 24.0. The van der Waals surface area contributed by atoms with Gasteiger partial charge in [-0.15, -0.1) is 0 Å². The fourth-order valence-corrected chi connectivity index (χ4v) is 5.58. The smallest absolute Gasteiger partial charge is 0.208 e. The van der Waals surface area contributed by atoms with Crippen LogP contribution in [0, 0.1) is 0 Å². The normalized spacial score (nSPS) is 10.4. The van der Waals surface area contributed by atoms with E-state index in [9.17, 15) is 0 Å². The molecule has 0 spiro atoms. The van der Waals surface area contributed by atoms with Crippen molar-refractivity contribution in [3.8, 4) is 34.5 Å². The van der Waals surface area contributed by atoms with E-state index in [1.54, 1.807) is 0 Å². The molecule has 0 fully saturated rings. The van der Waals surface area contributed by atoms with E-state index in [2.05, 4.69) is 39.5 Å². The summed E-state index contributed by atoms with van der Waals surface area (Å²) in [5, 5.41) is 4.50. The van der Waals surface area contributed by atoms with E-state index in [0.29, 0.717) is 39.2 Å².